The zero-order valence-electron chi connectivity index (χ0n) is 21.6. The fourth-order valence-electron chi connectivity index (χ4n) is 5.32. The third kappa shape index (κ3) is 5.59. The number of hydrogen-bond acceptors (Lipinski definition) is 8. The molecule has 2 saturated heterocycles. The van der Waals surface area contributed by atoms with Gasteiger partial charge in [0.2, 0.25) is 11.9 Å². The van der Waals surface area contributed by atoms with Crippen LogP contribution in [0, 0.1) is 25.6 Å². The van der Waals surface area contributed by atoms with Gasteiger partial charge in [-0.2, -0.15) is 10.1 Å². The highest BCUT2D eigenvalue weighted by atomic mass is 35.5. The van der Waals surface area contributed by atoms with Crippen molar-refractivity contribution in [1.29, 1.82) is 0 Å². The minimum absolute atomic E-state index is 0.0833. The number of carbonyl (C=O) groups excluding carboxylic acids is 1. The molecule has 0 spiro atoms. The van der Waals surface area contributed by atoms with Gasteiger partial charge in [-0.3, -0.25) is 9.89 Å². The van der Waals surface area contributed by atoms with Gasteiger partial charge in [-0.05, 0) is 81.8 Å². The number of nitrogens with one attached hydrogen (secondary N) is 3. The number of amides is 1. The molecule has 5 rings (SSSR count). The molecule has 202 valence electrons. The second-order valence-electron chi connectivity index (χ2n) is 10.1. The Hall–Kier alpha value is -3.28. The highest BCUT2D eigenvalue weighted by Gasteiger charge is 2.30. The number of benzene rings is 1. The van der Waals surface area contributed by atoms with Crippen LogP contribution in [0.5, 0.6) is 0 Å². The van der Waals surface area contributed by atoms with E-state index < -0.39 is 5.82 Å². The van der Waals surface area contributed by atoms with Gasteiger partial charge in [-0.15, -0.1) is 0 Å². The van der Waals surface area contributed by atoms with Crippen LogP contribution in [0.1, 0.15) is 48.4 Å². The minimum atomic E-state index is -0.461. The first-order chi connectivity index (χ1) is 18.3. The van der Waals surface area contributed by atoms with Crippen LogP contribution in [0.3, 0.4) is 0 Å². The monoisotopic (exact) mass is 541 g/mol. The summed E-state index contributed by atoms with van der Waals surface area (Å²) in [7, 11) is 0. The van der Waals surface area contributed by atoms with Crippen molar-refractivity contribution in [2.45, 2.75) is 45.4 Å². The van der Waals surface area contributed by atoms with Crippen molar-refractivity contribution < 1.29 is 9.18 Å². The zero-order valence-corrected chi connectivity index (χ0v) is 22.4. The van der Waals surface area contributed by atoms with Crippen LogP contribution >= 0.6 is 11.6 Å². The number of anilines is 4. The molecule has 3 aromatic rings. The average molecular weight is 542 g/mol. The van der Waals surface area contributed by atoms with Crippen LogP contribution in [0.25, 0.3) is 0 Å². The Morgan fingerprint density at radius 2 is 1.92 bits per heavy atom. The summed E-state index contributed by atoms with van der Waals surface area (Å²) in [4.78, 5) is 23.5. The Morgan fingerprint density at radius 3 is 2.61 bits per heavy atom. The third-order valence-electron chi connectivity index (χ3n) is 7.43. The number of hydrazine groups is 1. The van der Waals surface area contributed by atoms with Crippen molar-refractivity contribution in [3.63, 3.8) is 0 Å². The number of likely N-dealkylation sites (tertiary alicyclic amines) is 1. The van der Waals surface area contributed by atoms with Crippen LogP contribution in [-0.2, 0) is 4.79 Å². The Labute approximate surface area is 226 Å². The lowest BCUT2D eigenvalue weighted by Gasteiger charge is -2.36. The topological polar surface area (TPSA) is 128 Å². The second kappa shape index (κ2) is 11.2. The van der Waals surface area contributed by atoms with Crippen LogP contribution in [0.4, 0.5) is 27.7 Å². The third-order valence-corrected chi connectivity index (χ3v) is 7.71. The fourth-order valence-corrected chi connectivity index (χ4v) is 5.46. The molecule has 5 N–H and O–H groups in total. The maximum Gasteiger partial charge on any atom is 0.246 e. The summed E-state index contributed by atoms with van der Waals surface area (Å²) in [6.45, 7) is 7.03. The first-order valence-electron chi connectivity index (χ1n) is 13.0. The van der Waals surface area contributed by atoms with Gasteiger partial charge in [0, 0.05) is 30.8 Å². The summed E-state index contributed by atoms with van der Waals surface area (Å²) in [6.07, 6.45) is 4.83. The van der Waals surface area contributed by atoms with E-state index in [-0.39, 0.29) is 34.4 Å². The highest BCUT2D eigenvalue weighted by molar-refractivity contribution is 6.32. The molecule has 2 aliphatic rings. The molecule has 2 aliphatic heterocycles. The van der Waals surface area contributed by atoms with Crippen molar-refractivity contribution in [3.05, 3.63) is 52.1 Å². The molecule has 0 aliphatic carbocycles. The Morgan fingerprint density at radius 1 is 1.18 bits per heavy atom. The highest BCUT2D eigenvalue weighted by Crippen LogP contribution is 2.35. The molecule has 1 aromatic carbocycles. The molecule has 4 heterocycles. The van der Waals surface area contributed by atoms with Gasteiger partial charge in [-0.25, -0.2) is 20.2 Å². The van der Waals surface area contributed by atoms with E-state index >= 15 is 4.39 Å². The molecular formula is C26H33ClFN9O. The van der Waals surface area contributed by atoms with E-state index in [4.69, 9.17) is 17.4 Å². The van der Waals surface area contributed by atoms with Crippen LogP contribution in [0.15, 0.2) is 24.4 Å². The number of nitrogens with zero attached hydrogens (tertiary/aromatic N) is 5. The number of aromatic amines is 1. The smallest absolute Gasteiger partial charge is 0.246 e. The lowest BCUT2D eigenvalue weighted by molar-refractivity contribution is -0.137. The lowest BCUT2D eigenvalue weighted by atomic mass is 9.85. The van der Waals surface area contributed by atoms with Gasteiger partial charge in [0.1, 0.15) is 10.8 Å². The van der Waals surface area contributed by atoms with E-state index in [1.165, 1.54) is 6.20 Å². The van der Waals surface area contributed by atoms with Gasteiger partial charge >= 0.3 is 0 Å². The first-order valence-corrected chi connectivity index (χ1v) is 13.3. The number of carbonyl (C=O) groups is 1. The van der Waals surface area contributed by atoms with Crippen molar-refractivity contribution in [1.82, 2.24) is 30.4 Å². The Kier molecular flexibility index (Phi) is 7.78. The largest absolute Gasteiger partial charge is 0.342 e. The molecule has 2 fully saturated rings. The maximum atomic E-state index is 15.4. The summed E-state index contributed by atoms with van der Waals surface area (Å²) < 4.78 is 15.4. The molecule has 10 nitrogen and oxygen atoms in total. The van der Waals surface area contributed by atoms with Gasteiger partial charge in [0.15, 0.2) is 11.6 Å². The summed E-state index contributed by atoms with van der Waals surface area (Å²) >= 11 is 6.25. The van der Waals surface area contributed by atoms with E-state index in [0.29, 0.717) is 24.7 Å². The molecule has 0 unspecified atom stereocenters. The Balaban J connectivity index is 1.28. The molecule has 1 amide bonds. The average Bonchev–Trinajstić information content (AvgIpc) is 3.35. The normalized spacial score (nSPS) is 17.0. The first kappa shape index (κ1) is 26.3. The number of piperidine rings is 2. The van der Waals surface area contributed by atoms with E-state index in [0.717, 1.165) is 60.6 Å². The maximum absolute atomic E-state index is 15.4. The lowest BCUT2D eigenvalue weighted by Crippen LogP contribution is -2.44. The predicted octanol–water partition coefficient (Wildman–Crippen LogP) is 4.07. The Bertz CT molecular complexity index is 1300. The fraction of sp³-hybridized carbons (Fsp3) is 0.462. The summed E-state index contributed by atoms with van der Waals surface area (Å²) in [5, 5.41) is 14.7. The van der Waals surface area contributed by atoms with Gasteiger partial charge in [0.05, 0.1) is 11.9 Å². The molecule has 0 bridgehead atoms. The van der Waals surface area contributed by atoms with Gasteiger partial charge < -0.3 is 15.5 Å². The number of hydrogen-bond donors (Lipinski definition) is 4. The number of rotatable bonds is 6. The predicted molar refractivity (Wildman–Crippen MR) is 145 cm³/mol. The zero-order chi connectivity index (χ0) is 26.8. The van der Waals surface area contributed by atoms with Gasteiger partial charge in [0.25, 0.3) is 0 Å². The van der Waals surface area contributed by atoms with Crippen molar-refractivity contribution >= 4 is 40.8 Å². The van der Waals surface area contributed by atoms with Crippen molar-refractivity contribution in [2.75, 3.05) is 36.5 Å². The summed E-state index contributed by atoms with van der Waals surface area (Å²) in [5.74, 6) is 7.31. The quantitative estimate of drug-likeness (QED) is 0.271. The number of H-pyrrole nitrogens is 1. The standard InChI is InChI=1S/C26H33ClFN9O/c1-15-11-22(37(29)26-31-14-20(27)24(33-26)32-23-12-16(2)34-35-23)21(28)13-19(15)17-5-9-36(10-6-17)25(38)18-3-7-30-8-4-18/h11-14,17-18,30H,3-10,29H2,1-2H3,(H2,31,32,33,34,35). The number of nitrogens with two attached hydrogens (primary N) is 1. The van der Waals surface area contributed by atoms with Crippen molar-refractivity contribution in [2.24, 2.45) is 11.8 Å². The van der Waals surface area contributed by atoms with Crippen molar-refractivity contribution in [3.8, 4) is 0 Å². The molecule has 0 atom stereocenters. The molecular weight excluding hydrogens is 509 g/mol. The van der Waals surface area contributed by atoms with Crippen LogP contribution in [0.2, 0.25) is 5.02 Å². The van der Waals surface area contributed by atoms with E-state index in [9.17, 15) is 4.79 Å². The minimum Gasteiger partial charge on any atom is -0.342 e. The molecule has 12 heteroatoms. The van der Waals surface area contributed by atoms with E-state index in [1.54, 1.807) is 18.2 Å². The molecule has 38 heavy (non-hydrogen) atoms. The molecule has 0 radical (unpaired) electrons. The van der Waals surface area contributed by atoms with E-state index in [2.05, 4.69) is 30.8 Å². The SMILES string of the molecule is Cc1cc(Nc2nc(N(N)c3cc(C)c(C4CCN(C(=O)C5CCNCC5)CC4)cc3F)ncc2Cl)n[nH]1. The number of halogens is 2. The van der Waals surface area contributed by atoms with E-state index in [1.807, 2.05) is 18.7 Å². The second-order valence-corrected chi connectivity index (χ2v) is 10.5. The van der Waals surface area contributed by atoms with Crippen LogP contribution in [-0.4, -0.2) is 57.2 Å². The van der Waals surface area contributed by atoms with Crippen LogP contribution < -0.4 is 21.5 Å². The number of aromatic nitrogens is 4. The molecule has 0 saturated carbocycles. The van der Waals surface area contributed by atoms with Gasteiger partial charge in [-0.1, -0.05) is 11.6 Å². The summed E-state index contributed by atoms with van der Waals surface area (Å²) in [5.41, 5.74) is 2.91. The molecule has 2 aromatic heterocycles. The number of aryl methyl sites for hydroxylation is 2. The summed E-state index contributed by atoms with van der Waals surface area (Å²) in [6, 6.07) is 5.08.